The molecule has 0 spiro atoms. The predicted molar refractivity (Wildman–Crippen MR) is 152 cm³/mol. The summed E-state index contributed by atoms with van der Waals surface area (Å²) in [6.07, 6.45) is 6.50. The van der Waals surface area contributed by atoms with E-state index in [2.05, 4.69) is 53.6 Å². The maximum absolute atomic E-state index is 12.1. The summed E-state index contributed by atoms with van der Waals surface area (Å²) in [7, 11) is 1.50. The molecule has 0 atom stereocenters. The van der Waals surface area contributed by atoms with E-state index in [1.165, 1.54) is 50.0 Å². The average molecular weight is 516 g/mol. The number of carboxylic acid groups (broad SMARTS) is 1. The number of rotatable bonds is 12. The number of aryl methyl sites for hydroxylation is 2. The minimum atomic E-state index is -1.13. The highest BCUT2D eigenvalue weighted by molar-refractivity contribution is 6.03. The van der Waals surface area contributed by atoms with Crippen molar-refractivity contribution in [3.05, 3.63) is 76.9 Å². The monoisotopic (exact) mass is 515 g/mol. The van der Waals surface area contributed by atoms with Gasteiger partial charge in [0, 0.05) is 31.4 Å². The number of hydrogen-bond donors (Lipinski definition) is 3. The van der Waals surface area contributed by atoms with E-state index < -0.39 is 5.97 Å². The summed E-state index contributed by atoms with van der Waals surface area (Å²) in [6.45, 7) is 6.63. The number of carboxylic acids is 1. The van der Waals surface area contributed by atoms with Crippen LogP contribution in [0.3, 0.4) is 0 Å². The molecule has 0 bridgehead atoms. The van der Waals surface area contributed by atoms with Crippen LogP contribution in [0, 0.1) is 0 Å². The fraction of sp³-hybridized carbons (Fsp3) is 0.355. The van der Waals surface area contributed by atoms with E-state index in [0.717, 1.165) is 31.5 Å². The molecule has 0 aliphatic carbocycles. The van der Waals surface area contributed by atoms with Crippen molar-refractivity contribution >= 4 is 28.9 Å². The largest absolute Gasteiger partial charge is 0.478 e. The third-order valence-electron chi connectivity index (χ3n) is 6.89. The first kappa shape index (κ1) is 27.0. The molecule has 0 aromatic heterocycles. The van der Waals surface area contributed by atoms with Crippen molar-refractivity contribution in [1.82, 2.24) is 5.32 Å². The molecule has 1 heterocycles. The van der Waals surface area contributed by atoms with Crippen molar-refractivity contribution in [3.63, 3.8) is 0 Å². The van der Waals surface area contributed by atoms with Crippen molar-refractivity contribution in [3.8, 4) is 11.5 Å². The van der Waals surface area contributed by atoms with Crippen molar-refractivity contribution in [1.29, 1.82) is 0 Å². The summed E-state index contributed by atoms with van der Waals surface area (Å²) >= 11 is 0. The number of fused-ring (bicyclic) bond motifs is 2. The van der Waals surface area contributed by atoms with E-state index in [1.54, 1.807) is 6.07 Å². The number of hydrogen-bond acceptors (Lipinski definition) is 5. The summed E-state index contributed by atoms with van der Waals surface area (Å²) in [5.41, 5.74) is 4.99. The smallest absolute Gasteiger partial charge is 0.337 e. The molecule has 0 unspecified atom stereocenters. The molecular weight excluding hydrogens is 478 g/mol. The number of nitrogens with one attached hydrogen (secondary N) is 2. The zero-order valence-electron chi connectivity index (χ0n) is 22.5. The second-order valence-corrected chi connectivity index (χ2v) is 9.70. The summed E-state index contributed by atoms with van der Waals surface area (Å²) in [4.78, 5) is 26.6. The van der Waals surface area contributed by atoms with Crippen LogP contribution in [-0.4, -0.2) is 37.1 Å². The Balaban J connectivity index is 1.50. The van der Waals surface area contributed by atoms with Gasteiger partial charge < -0.3 is 25.4 Å². The summed E-state index contributed by atoms with van der Waals surface area (Å²) < 4.78 is 6.02. The molecule has 3 N–H and O–H groups in total. The summed E-state index contributed by atoms with van der Waals surface area (Å²) in [6, 6.07) is 17.7. The maximum atomic E-state index is 12.1. The van der Waals surface area contributed by atoms with Crippen molar-refractivity contribution in [2.75, 3.05) is 30.4 Å². The van der Waals surface area contributed by atoms with Gasteiger partial charge in [-0.3, -0.25) is 4.79 Å². The number of carbonyl (C=O) groups excluding carboxylic acids is 1. The summed E-state index contributed by atoms with van der Waals surface area (Å²) in [5, 5.41) is 15.5. The van der Waals surface area contributed by atoms with E-state index in [9.17, 15) is 14.7 Å². The standard InChI is InChI=1S/C31H37N3O4/c1-4-6-15-34(16-7-5-2)24-10-8-9-21(17-24)11-12-22-13-14-27-26(18-22)33-29-25(31(36)37)19-23(30(35)32-3)20-28(29)38-27/h8-10,13-14,17-20,33H,4-7,11-12,15-16H2,1-3H3,(H,32,35)(H,36,37). The number of benzene rings is 3. The van der Waals surface area contributed by atoms with Crippen LogP contribution in [0.25, 0.3) is 0 Å². The Morgan fingerprint density at radius 1 is 0.921 bits per heavy atom. The van der Waals surface area contributed by atoms with Gasteiger partial charge in [0.05, 0.1) is 16.9 Å². The summed E-state index contributed by atoms with van der Waals surface area (Å²) in [5.74, 6) is -0.593. The molecule has 7 nitrogen and oxygen atoms in total. The van der Waals surface area contributed by atoms with Crippen molar-refractivity contribution in [2.45, 2.75) is 52.4 Å². The van der Waals surface area contributed by atoms with E-state index in [0.29, 0.717) is 22.9 Å². The molecule has 3 aromatic carbocycles. The minimum Gasteiger partial charge on any atom is -0.478 e. The molecule has 200 valence electrons. The topological polar surface area (TPSA) is 90.9 Å². The normalized spacial score (nSPS) is 11.6. The van der Waals surface area contributed by atoms with Gasteiger partial charge in [0.2, 0.25) is 0 Å². The number of amides is 1. The predicted octanol–water partition coefficient (Wildman–Crippen LogP) is 6.79. The van der Waals surface area contributed by atoms with E-state index in [-0.39, 0.29) is 17.0 Å². The zero-order chi connectivity index (χ0) is 27.1. The lowest BCUT2D eigenvalue weighted by molar-refractivity contribution is 0.0697. The Morgan fingerprint density at radius 3 is 2.29 bits per heavy atom. The zero-order valence-corrected chi connectivity index (χ0v) is 22.5. The molecule has 38 heavy (non-hydrogen) atoms. The van der Waals surface area contributed by atoms with Gasteiger partial charge in [0.25, 0.3) is 5.91 Å². The molecule has 4 rings (SSSR count). The Morgan fingerprint density at radius 2 is 1.63 bits per heavy atom. The molecule has 7 heteroatoms. The number of anilines is 3. The van der Waals surface area contributed by atoms with Crippen LogP contribution >= 0.6 is 0 Å². The Hall–Kier alpha value is -4.00. The molecule has 3 aromatic rings. The number of unbranched alkanes of at least 4 members (excludes halogenated alkanes) is 2. The highest BCUT2D eigenvalue weighted by atomic mass is 16.5. The average Bonchev–Trinajstić information content (AvgIpc) is 2.94. The van der Waals surface area contributed by atoms with Crippen LogP contribution in [0.15, 0.2) is 54.6 Å². The van der Waals surface area contributed by atoms with Gasteiger partial charge in [-0.2, -0.15) is 0 Å². The molecule has 0 saturated carbocycles. The maximum Gasteiger partial charge on any atom is 0.337 e. The molecule has 1 aliphatic rings. The quantitative estimate of drug-likeness (QED) is 0.193. The van der Waals surface area contributed by atoms with Gasteiger partial charge >= 0.3 is 5.97 Å². The van der Waals surface area contributed by atoms with Crippen molar-refractivity contribution < 1.29 is 19.4 Å². The van der Waals surface area contributed by atoms with Gasteiger partial charge in [-0.15, -0.1) is 0 Å². The Kier molecular flexibility index (Phi) is 8.89. The third-order valence-corrected chi connectivity index (χ3v) is 6.89. The van der Waals surface area contributed by atoms with Gasteiger partial charge in [0.1, 0.15) is 0 Å². The second-order valence-electron chi connectivity index (χ2n) is 9.70. The van der Waals surface area contributed by atoms with Crippen LogP contribution in [0.1, 0.15) is 71.4 Å². The minimum absolute atomic E-state index is 0.00957. The number of carbonyl (C=O) groups is 2. The van der Waals surface area contributed by atoms with Crippen LogP contribution in [0.4, 0.5) is 17.1 Å². The molecule has 0 fully saturated rings. The van der Waals surface area contributed by atoms with Crippen LogP contribution in [0.5, 0.6) is 11.5 Å². The first-order chi connectivity index (χ1) is 18.4. The molecular formula is C31H37N3O4. The van der Waals surface area contributed by atoms with E-state index >= 15 is 0 Å². The van der Waals surface area contributed by atoms with Crippen LogP contribution < -0.4 is 20.3 Å². The highest BCUT2D eigenvalue weighted by Crippen LogP contribution is 2.44. The molecule has 0 saturated heterocycles. The molecule has 1 amide bonds. The fourth-order valence-electron chi connectivity index (χ4n) is 4.71. The highest BCUT2D eigenvalue weighted by Gasteiger charge is 2.25. The second kappa shape index (κ2) is 12.5. The van der Waals surface area contributed by atoms with Crippen LogP contribution in [0.2, 0.25) is 0 Å². The number of ether oxygens (including phenoxy) is 1. The Bertz CT molecular complexity index is 1300. The molecule has 0 radical (unpaired) electrons. The first-order valence-corrected chi connectivity index (χ1v) is 13.5. The van der Waals surface area contributed by atoms with E-state index in [1.807, 2.05) is 18.2 Å². The number of nitrogens with zero attached hydrogens (tertiary/aromatic N) is 1. The third kappa shape index (κ3) is 6.28. The number of aromatic carboxylic acids is 1. The van der Waals surface area contributed by atoms with Gasteiger partial charge in [0.15, 0.2) is 11.5 Å². The van der Waals surface area contributed by atoms with Gasteiger partial charge in [-0.05, 0) is 73.2 Å². The van der Waals surface area contributed by atoms with Gasteiger partial charge in [-0.1, -0.05) is 44.9 Å². The lowest BCUT2D eigenvalue weighted by Crippen LogP contribution is -2.25. The van der Waals surface area contributed by atoms with Gasteiger partial charge in [-0.25, -0.2) is 4.79 Å². The molecule has 1 aliphatic heterocycles. The lowest BCUT2D eigenvalue weighted by atomic mass is 10.0. The lowest BCUT2D eigenvalue weighted by Gasteiger charge is -2.25. The SMILES string of the molecule is CCCCN(CCCC)c1cccc(CCc2ccc3c(c2)Nc2c(cc(C(=O)NC)cc2C(=O)O)O3)c1. The van der Waals surface area contributed by atoms with Crippen LogP contribution in [-0.2, 0) is 12.8 Å². The fourth-order valence-corrected chi connectivity index (χ4v) is 4.71. The first-order valence-electron chi connectivity index (χ1n) is 13.5. The van der Waals surface area contributed by atoms with Crippen molar-refractivity contribution in [2.24, 2.45) is 0 Å². The van der Waals surface area contributed by atoms with E-state index in [4.69, 9.17) is 4.74 Å². The Labute approximate surface area is 224 Å².